The van der Waals surface area contributed by atoms with Gasteiger partial charge in [-0.25, -0.2) is 0 Å². The molecule has 2 aromatic rings. The summed E-state index contributed by atoms with van der Waals surface area (Å²) in [7, 11) is 1.53. The van der Waals surface area contributed by atoms with Crippen LogP contribution in [0.1, 0.15) is 28.4 Å². The molecule has 0 heterocycles. The van der Waals surface area contributed by atoms with Crippen LogP contribution in [0.4, 0.5) is 13.2 Å². The number of rotatable bonds is 3. The SMILES string of the molecule is COc1ccc(C(O)c2ccc(C(F)(F)F)cc2C)cc1. The lowest BCUT2D eigenvalue weighted by atomic mass is 9.96. The van der Waals surface area contributed by atoms with Crippen molar-refractivity contribution in [1.29, 1.82) is 0 Å². The van der Waals surface area contributed by atoms with Crippen LogP contribution in [-0.2, 0) is 6.18 Å². The normalized spacial score (nSPS) is 13.0. The quantitative estimate of drug-likeness (QED) is 0.924. The van der Waals surface area contributed by atoms with Gasteiger partial charge in [0.15, 0.2) is 0 Å². The summed E-state index contributed by atoms with van der Waals surface area (Å²) >= 11 is 0. The van der Waals surface area contributed by atoms with Crippen LogP contribution < -0.4 is 4.74 Å². The van der Waals surface area contributed by atoms with Crippen molar-refractivity contribution in [1.82, 2.24) is 0 Å². The summed E-state index contributed by atoms with van der Waals surface area (Å²) in [5.41, 5.74) is 0.727. The first-order chi connectivity index (χ1) is 9.82. The highest BCUT2D eigenvalue weighted by Gasteiger charge is 2.31. The van der Waals surface area contributed by atoms with Crippen molar-refractivity contribution in [2.45, 2.75) is 19.2 Å². The fraction of sp³-hybridized carbons (Fsp3) is 0.250. The molecule has 0 amide bonds. The lowest BCUT2D eigenvalue weighted by Gasteiger charge is -2.16. The zero-order valence-electron chi connectivity index (χ0n) is 11.6. The van der Waals surface area contributed by atoms with Gasteiger partial charge in [0.1, 0.15) is 11.9 Å². The van der Waals surface area contributed by atoms with Crippen molar-refractivity contribution in [3.05, 3.63) is 64.7 Å². The van der Waals surface area contributed by atoms with Crippen molar-refractivity contribution in [3.8, 4) is 5.75 Å². The Hall–Kier alpha value is -2.01. The van der Waals surface area contributed by atoms with Crippen LogP contribution in [0.15, 0.2) is 42.5 Å². The molecule has 0 aromatic heterocycles. The van der Waals surface area contributed by atoms with Gasteiger partial charge in [-0.05, 0) is 47.9 Å². The summed E-state index contributed by atoms with van der Waals surface area (Å²) in [6.45, 7) is 1.55. The van der Waals surface area contributed by atoms with Gasteiger partial charge < -0.3 is 9.84 Å². The van der Waals surface area contributed by atoms with E-state index >= 15 is 0 Å². The van der Waals surface area contributed by atoms with Gasteiger partial charge in [0, 0.05) is 0 Å². The standard InChI is InChI=1S/C16H15F3O2/c1-10-9-12(16(17,18)19)5-8-14(10)15(20)11-3-6-13(21-2)7-4-11/h3-9,15,20H,1-2H3. The molecule has 112 valence electrons. The molecule has 21 heavy (non-hydrogen) atoms. The van der Waals surface area contributed by atoms with Crippen molar-refractivity contribution >= 4 is 0 Å². The van der Waals surface area contributed by atoms with Crippen LogP contribution >= 0.6 is 0 Å². The number of alkyl halides is 3. The molecule has 0 radical (unpaired) electrons. The first kappa shape index (κ1) is 15.4. The summed E-state index contributed by atoms with van der Waals surface area (Å²) in [4.78, 5) is 0. The molecule has 2 aromatic carbocycles. The fourth-order valence-corrected chi connectivity index (χ4v) is 2.12. The molecular weight excluding hydrogens is 281 g/mol. The molecule has 0 fully saturated rings. The maximum absolute atomic E-state index is 12.6. The summed E-state index contributed by atoms with van der Waals surface area (Å²) in [5.74, 6) is 0.648. The molecule has 0 aliphatic rings. The number of aliphatic hydroxyl groups is 1. The largest absolute Gasteiger partial charge is 0.497 e. The molecule has 0 saturated heterocycles. The maximum Gasteiger partial charge on any atom is 0.416 e. The number of ether oxygens (including phenoxy) is 1. The van der Waals surface area contributed by atoms with Gasteiger partial charge in [-0.1, -0.05) is 18.2 Å². The Morgan fingerprint density at radius 1 is 1.05 bits per heavy atom. The van der Waals surface area contributed by atoms with E-state index in [2.05, 4.69) is 0 Å². The third-order valence-corrected chi connectivity index (χ3v) is 3.32. The highest BCUT2D eigenvalue weighted by atomic mass is 19.4. The van der Waals surface area contributed by atoms with Crippen molar-refractivity contribution in [2.24, 2.45) is 0 Å². The molecular formula is C16H15F3O2. The van der Waals surface area contributed by atoms with Gasteiger partial charge in [-0.2, -0.15) is 13.2 Å². The minimum absolute atomic E-state index is 0.396. The maximum atomic E-state index is 12.6. The Morgan fingerprint density at radius 2 is 1.67 bits per heavy atom. The molecule has 0 saturated carbocycles. The summed E-state index contributed by atoms with van der Waals surface area (Å²) < 4.78 is 42.9. The first-order valence-electron chi connectivity index (χ1n) is 6.32. The van der Waals surface area contributed by atoms with Crippen LogP contribution in [0, 0.1) is 6.92 Å². The third-order valence-electron chi connectivity index (χ3n) is 3.32. The van der Waals surface area contributed by atoms with E-state index in [1.807, 2.05) is 0 Å². The highest BCUT2D eigenvalue weighted by molar-refractivity contribution is 5.39. The number of aryl methyl sites for hydroxylation is 1. The molecule has 1 unspecified atom stereocenters. The Kier molecular flexibility index (Phi) is 4.23. The second kappa shape index (κ2) is 5.77. The molecule has 0 aliphatic carbocycles. The average molecular weight is 296 g/mol. The van der Waals surface area contributed by atoms with E-state index < -0.39 is 17.8 Å². The van der Waals surface area contributed by atoms with Crippen LogP contribution in [0.3, 0.4) is 0 Å². The fourth-order valence-electron chi connectivity index (χ4n) is 2.12. The van der Waals surface area contributed by atoms with Gasteiger partial charge in [0.2, 0.25) is 0 Å². The smallest absolute Gasteiger partial charge is 0.416 e. The van der Waals surface area contributed by atoms with E-state index in [9.17, 15) is 18.3 Å². The van der Waals surface area contributed by atoms with Gasteiger partial charge >= 0.3 is 6.18 Å². The van der Waals surface area contributed by atoms with E-state index in [1.54, 1.807) is 31.2 Å². The zero-order valence-corrected chi connectivity index (χ0v) is 11.6. The Labute approximate surface area is 120 Å². The van der Waals surface area contributed by atoms with Gasteiger partial charge in [0.05, 0.1) is 12.7 Å². The number of hydrogen-bond acceptors (Lipinski definition) is 2. The number of benzene rings is 2. The predicted molar refractivity (Wildman–Crippen MR) is 73.2 cm³/mol. The van der Waals surface area contributed by atoms with E-state index in [1.165, 1.54) is 13.2 Å². The summed E-state index contributed by atoms with van der Waals surface area (Å²) in [6, 6.07) is 10.1. The van der Waals surface area contributed by atoms with Crippen LogP contribution in [0.5, 0.6) is 5.75 Å². The molecule has 0 spiro atoms. The van der Waals surface area contributed by atoms with E-state index in [-0.39, 0.29) is 0 Å². The third kappa shape index (κ3) is 3.36. The molecule has 5 heteroatoms. The van der Waals surface area contributed by atoms with Crippen LogP contribution in [-0.4, -0.2) is 12.2 Å². The van der Waals surface area contributed by atoms with Crippen molar-refractivity contribution in [3.63, 3.8) is 0 Å². The number of hydrogen-bond donors (Lipinski definition) is 1. The van der Waals surface area contributed by atoms with Gasteiger partial charge in [-0.15, -0.1) is 0 Å². The zero-order chi connectivity index (χ0) is 15.6. The second-order valence-corrected chi connectivity index (χ2v) is 4.74. The predicted octanol–water partition coefficient (Wildman–Crippen LogP) is 4.10. The minimum atomic E-state index is -4.38. The van der Waals surface area contributed by atoms with E-state index in [0.717, 1.165) is 12.1 Å². The van der Waals surface area contributed by atoms with E-state index in [0.29, 0.717) is 22.4 Å². The Morgan fingerprint density at radius 3 is 2.14 bits per heavy atom. The topological polar surface area (TPSA) is 29.5 Å². The molecule has 0 bridgehead atoms. The highest BCUT2D eigenvalue weighted by Crippen LogP contribution is 2.33. The minimum Gasteiger partial charge on any atom is -0.497 e. The molecule has 0 aliphatic heterocycles. The lowest BCUT2D eigenvalue weighted by molar-refractivity contribution is -0.137. The van der Waals surface area contributed by atoms with Crippen molar-refractivity contribution in [2.75, 3.05) is 7.11 Å². The lowest BCUT2D eigenvalue weighted by Crippen LogP contribution is -2.08. The van der Waals surface area contributed by atoms with Crippen LogP contribution in [0.25, 0.3) is 0 Å². The summed E-state index contributed by atoms with van der Waals surface area (Å²) in [6.07, 6.45) is -5.35. The van der Waals surface area contributed by atoms with Gasteiger partial charge in [0.25, 0.3) is 0 Å². The molecule has 1 N–H and O–H groups in total. The molecule has 2 nitrogen and oxygen atoms in total. The Balaban J connectivity index is 2.32. The van der Waals surface area contributed by atoms with Gasteiger partial charge in [-0.3, -0.25) is 0 Å². The number of halogens is 3. The molecule has 1 atom stereocenters. The monoisotopic (exact) mass is 296 g/mol. The summed E-state index contributed by atoms with van der Waals surface area (Å²) in [5, 5.41) is 10.3. The van der Waals surface area contributed by atoms with Crippen LogP contribution in [0.2, 0.25) is 0 Å². The van der Waals surface area contributed by atoms with Crippen molar-refractivity contribution < 1.29 is 23.0 Å². The Bertz CT molecular complexity index is 618. The average Bonchev–Trinajstić information content (AvgIpc) is 2.45. The number of aliphatic hydroxyl groups excluding tert-OH is 1. The first-order valence-corrected chi connectivity index (χ1v) is 6.32. The molecule has 2 rings (SSSR count). The van der Waals surface area contributed by atoms with E-state index in [4.69, 9.17) is 4.74 Å². The second-order valence-electron chi connectivity index (χ2n) is 4.74. The number of methoxy groups -OCH3 is 1.